The molecule has 5 nitrogen and oxygen atoms in total. The Balaban J connectivity index is 1.79. The molecule has 0 spiro atoms. The predicted molar refractivity (Wildman–Crippen MR) is 84.8 cm³/mol. The van der Waals surface area contributed by atoms with E-state index in [9.17, 15) is 4.79 Å². The number of ether oxygens (including phenoxy) is 1. The molecule has 0 aliphatic heterocycles. The Kier molecular flexibility index (Phi) is 6.43. The van der Waals surface area contributed by atoms with Crippen LogP contribution in [0.5, 0.6) is 0 Å². The van der Waals surface area contributed by atoms with Crippen LogP contribution in [0.4, 0.5) is 0 Å². The Morgan fingerprint density at radius 1 is 1.36 bits per heavy atom. The molecule has 0 bridgehead atoms. The van der Waals surface area contributed by atoms with Crippen LogP contribution >= 0.6 is 11.6 Å². The van der Waals surface area contributed by atoms with Crippen LogP contribution in [-0.2, 0) is 16.0 Å². The highest BCUT2D eigenvalue weighted by Crippen LogP contribution is 2.22. The van der Waals surface area contributed by atoms with Crippen molar-refractivity contribution in [2.75, 3.05) is 20.3 Å². The largest absolute Gasteiger partial charge is 0.441 e. The van der Waals surface area contributed by atoms with Crippen LogP contribution in [0.3, 0.4) is 0 Å². The predicted octanol–water partition coefficient (Wildman–Crippen LogP) is 3.08. The number of nitrogens with one attached hydrogen (secondary N) is 1. The van der Waals surface area contributed by atoms with Crippen molar-refractivity contribution in [1.82, 2.24) is 10.3 Å². The van der Waals surface area contributed by atoms with Crippen molar-refractivity contribution in [2.24, 2.45) is 0 Å². The van der Waals surface area contributed by atoms with Crippen molar-refractivity contribution in [3.8, 4) is 11.3 Å². The molecule has 0 saturated heterocycles. The van der Waals surface area contributed by atoms with Gasteiger partial charge in [-0.2, -0.15) is 0 Å². The number of nitrogens with zero attached hydrogens (tertiary/aromatic N) is 1. The maximum absolute atomic E-state index is 11.7. The third-order valence-electron chi connectivity index (χ3n) is 3.10. The van der Waals surface area contributed by atoms with Gasteiger partial charge in [0.15, 0.2) is 11.7 Å². The molecule has 1 aromatic heterocycles. The average molecular weight is 323 g/mol. The van der Waals surface area contributed by atoms with Crippen LogP contribution in [0, 0.1) is 0 Å². The van der Waals surface area contributed by atoms with E-state index in [-0.39, 0.29) is 5.91 Å². The first-order valence-corrected chi connectivity index (χ1v) is 7.53. The van der Waals surface area contributed by atoms with E-state index in [1.807, 2.05) is 12.1 Å². The monoisotopic (exact) mass is 322 g/mol. The van der Waals surface area contributed by atoms with Gasteiger partial charge >= 0.3 is 0 Å². The zero-order valence-electron chi connectivity index (χ0n) is 12.5. The van der Waals surface area contributed by atoms with E-state index in [1.54, 1.807) is 25.4 Å². The molecule has 2 aromatic rings. The van der Waals surface area contributed by atoms with Gasteiger partial charge in [-0.05, 0) is 30.7 Å². The SMILES string of the molecule is COCCCNC(=O)CCc1ncc(-c2ccc(Cl)cc2)o1. The maximum atomic E-state index is 11.7. The Morgan fingerprint density at radius 2 is 2.14 bits per heavy atom. The fourth-order valence-corrected chi connectivity index (χ4v) is 2.05. The molecule has 0 aliphatic rings. The van der Waals surface area contributed by atoms with Gasteiger partial charge in [0.05, 0.1) is 6.20 Å². The molecule has 1 amide bonds. The van der Waals surface area contributed by atoms with E-state index in [1.165, 1.54) is 0 Å². The van der Waals surface area contributed by atoms with Crippen LogP contribution in [0.15, 0.2) is 34.9 Å². The molecule has 0 saturated carbocycles. The van der Waals surface area contributed by atoms with Crippen molar-refractivity contribution < 1.29 is 13.9 Å². The van der Waals surface area contributed by atoms with E-state index in [0.717, 1.165) is 12.0 Å². The first kappa shape index (κ1) is 16.5. The van der Waals surface area contributed by atoms with Gasteiger partial charge < -0.3 is 14.5 Å². The number of methoxy groups -OCH3 is 1. The van der Waals surface area contributed by atoms with Gasteiger partial charge in [0.2, 0.25) is 5.91 Å². The van der Waals surface area contributed by atoms with Crippen LogP contribution in [0.2, 0.25) is 5.02 Å². The minimum absolute atomic E-state index is 0.0117. The molecule has 0 unspecified atom stereocenters. The summed E-state index contributed by atoms with van der Waals surface area (Å²) in [6.45, 7) is 1.26. The number of benzene rings is 1. The number of aromatic nitrogens is 1. The molecule has 1 N–H and O–H groups in total. The van der Waals surface area contributed by atoms with E-state index < -0.39 is 0 Å². The summed E-state index contributed by atoms with van der Waals surface area (Å²) in [4.78, 5) is 15.9. The van der Waals surface area contributed by atoms with Crippen molar-refractivity contribution in [3.05, 3.63) is 41.4 Å². The number of carbonyl (C=O) groups excluding carboxylic acids is 1. The molecule has 118 valence electrons. The van der Waals surface area contributed by atoms with Gasteiger partial charge in [-0.15, -0.1) is 0 Å². The fourth-order valence-electron chi connectivity index (χ4n) is 1.93. The number of aryl methyl sites for hydroxylation is 1. The van der Waals surface area contributed by atoms with Crippen LogP contribution < -0.4 is 5.32 Å². The van der Waals surface area contributed by atoms with Gasteiger partial charge in [0, 0.05) is 43.7 Å². The zero-order chi connectivity index (χ0) is 15.8. The first-order chi connectivity index (χ1) is 10.7. The van der Waals surface area contributed by atoms with Gasteiger partial charge in [-0.1, -0.05) is 11.6 Å². The number of halogens is 1. The molecule has 6 heteroatoms. The summed E-state index contributed by atoms with van der Waals surface area (Å²) in [5.74, 6) is 1.21. The molecule has 0 radical (unpaired) electrons. The minimum atomic E-state index is -0.0117. The third-order valence-corrected chi connectivity index (χ3v) is 3.35. The molecule has 0 atom stereocenters. The number of hydrogen-bond donors (Lipinski definition) is 1. The number of carbonyl (C=O) groups is 1. The third kappa shape index (κ3) is 5.16. The van der Waals surface area contributed by atoms with Gasteiger partial charge in [0.25, 0.3) is 0 Å². The van der Waals surface area contributed by atoms with Crippen LogP contribution in [0.25, 0.3) is 11.3 Å². The van der Waals surface area contributed by atoms with Gasteiger partial charge in [-0.25, -0.2) is 4.98 Å². The van der Waals surface area contributed by atoms with Crippen molar-refractivity contribution in [3.63, 3.8) is 0 Å². The Bertz CT molecular complexity index is 596. The number of oxazole rings is 1. The Morgan fingerprint density at radius 3 is 2.86 bits per heavy atom. The van der Waals surface area contributed by atoms with E-state index in [0.29, 0.717) is 42.7 Å². The lowest BCUT2D eigenvalue weighted by Gasteiger charge is -2.03. The summed E-state index contributed by atoms with van der Waals surface area (Å²) >= 11 is 5.85. The smallest absolute Gasteiger partial charge is 0.220 e. The summed E-state index contributed by atoms with van der Waals surface area (Å²) < 4.78 is 10.6. The van der Waals surface area contributed by atoms with Gasteiger partial charge in [0.1, 0.15) is 0 Å². The topological polar surface area (TPSA) is 64.4 Å². The lowest BCUT2D eigenvalue weighted by Crippen LogP contribution is -2.25. The normalized spacial score (nSPS) is 10.6. The second-order valence-electron chi connectivity index (χ2n) is 4.82. The fraction of sp³-hybridized carbons (Fsp3) is 0.375. The molecule has 0 aliphatic carbocycles. The second-order valence-corrected chi connectivity index (χ2v) is 5.26. The highest BCUT2D eigenvalue weighted by Gasteiger charge is 2.08. The molecule has 1 heterocycles. The van der Waals surface area contributed by atoms with Gasteiger partial charge in [-0.3, -0.25) is 4.79 Å². The van der Waals surface area contributed by atoms with E-state index in [2.05, 4.69) is 10.3 Å². The molecule has 22 heavy (non-hydrogen) atoms. The highest BCUT2D eigenvalue weighted by molar-refractivity contribution is 6.30. The lowest BCUT2D eigenvalue weighted by molar-refractivity contribution is -0.121. The molecular formula is C16H19ClN2O3. The standard InChI is InChI=1S/C16H19ClN2O3/c1-21-10-2-9-18-15(20)7-8-16-19-11-14(22-16)12-3-5-13(17)6-4-12/h3-6,11H,2,7-10H2,1H3,(H,18,20). The summed E-state index contributed by atoms with van der Waals surface area (Å²) in [5.41, 5.74) is 0.909. The molecule has 2 rings (SSSR count). The summed E-state index contributed by atoms with van der Waals surface area (Å²) in [7, 11) is 1.64. The zero-order valence-corrected chi connectivity index (χ0v) is 13.2. The number of hydrogen-bond acceptors (Lipinski definition) is 4. The molecule has 0 fully saturated rings. The molecule has 1 aromatic carbocycles. The Hall–Kier alpha value is -1.85. The average Bonchev–Trinajstić information content (AvgIpc) is 2.99. The maximum Gasteiger partial charge on any atom is 0.220 e. The quantitative estimate of drug-likeness (QED) is 0.759. The molecular weight excluding hydrogens is 304 g/mol. The first-order valence-electron chi connectivity index (χ1n) is 7.15. The van der Waals surface area contributed by atoms with Crippen molar-refractivity contribution in [1.29, 1.82) is 0 Å². The summed E-state index contributed by atoms with van der Waals surface area (Å²) in [5, 5.41) is 3.50. The minimum Gasteiger partial charge on any atom is -0.441 e. The van der Waals surface area contributed by atoms with Crippen LogP contribution in [0.1, 0.15) is 18.7 Å². The summed E-state index contributed by atoms with van der Waals surface area (Å²) in [6, 6.07) is 7.34. The van der Waals surface area contributed by atoms with Crippen LogP contribution in [-0.4, -0.2) is 31.2 Å². The lowest BCUT2D eigenvalue weighted by atomic mass is 10.2. The Labute approximate surface area is 134 Å². The summed E-state index contributed by atoms with van der Waals surface area (Å²) in [6.07, 6.45) is 3.30. The van der Waals surface area contributed by atoms with Crippen molar-refractivity contribution >= 4 is 17.5 Å². The highest BCUT2D eigenvalue weighted by atomic mass is 35.5. The number of amides is 1. The van der Waals surface area contributed by atoms with E-state index in [4.69, 9.17) is 20.8 Å². The second kappa shape index (κ2) is 8.56. The van der Waals surface area contributed by atoms with Crippen molar-refractivity contribution in [2.45, 2.75) is 19.3 Å². The van der Waals surface area contributed by atoms with E-state index >= 15 is 0 Å². The number of rotatable bonds is 8.